The van der Waals surface area contributed by atoms with Crippen molar-refractivity contribution >= 4 is 0 Å². The van der Waals surface area contributed by atoms with Crippen LogP contribution in [0.4, 0.5) is 13.2 Å². The van der Waals surface area contributed by atoms with Crippen LogP contribution in [0.2, 0.25) is 0 Å². The van der Waals surface area contributed by atoms with Crippen molar-refractivity contribution in [3.05, 3.63) is 77.1 Å². The highest BCUT2D eigenvalue weighted by Crippen LogP contribution is 2.36. The number of hydrogen-bond donors (Lipinski definition) is 1. The predicted molar refractivity (Wildman–Crippen MR) is 115 cm³/mol. The highest BCUT2D eigenvalue weighted by molar-refractivity contribution is 5.80. The SMILES string of the molecule is FC(F)(F)c1cc(OCc2ccc(-c3ccccc3)c(-c3nn[nH]n3)c2)c2c(n1)CCCC2. The number of halogens is 3. The third kappa shape index (κ3) is 4.44. The zero-order valence-electron chi connectivity index (χ0n) is 17.6. The van der Waals surface area contributed by atoms with Crippen LogP contribution in [0.25, 0.3) is 22.5 Å². The van der Waals surface area contributed by atoms with Crippen LogP contribution in [-0.2, 0) is 25.6 Å². The summed E-state index contributed by atoms with van der Waals surface area (Å²) in [6.07, 6.45) is -1.59. The van der Waals surface area contributed by atoms with Crippen LogP contribution in [0.15, 0.2) is 54.6 Å². The van der Waals surface area contributed by atoms with E-state index < -0.39 is 11.9 Å². The van der Waals surface area contributed by atoms with Gasteiger partial charge in [-0.05, 0) is 53.7 Å². The molecule has 1 N–H and O–H groups in total. The van der Waals surface area contributed by atoms with Crippen molar-refractivity contribution in [3.63, 3.8) is 0 Å². The largest absolute Gasteiger partial charge is 0.488 e. The Bertz CT molecular complexity index is 1260. The summed E-state index contributed by atoms with van der Waals surface area (Å²) in [5.41, 5.74) is 3.79. The quantitative estimate of drug-likeness (QED) is 0.439. The zero-order chi connectivity index (χ0) is 22.8. The lowest BCUT2D eigenvalue weighted by Gasteiger charge is -2.21. The summed E-state index contributed by atoms with van der Waals surface area (Å²) in [7, 11) is 0. The van der Waals surface area contributed by atoms with Gasteiger partial charge in [0.2, 0.25) is 5.82 Å². The van der Waals surface area contributed by atoms with Crippen molar-refractivity contribution in [2.24, 2.45) is 0 Å². The first-order valence-corrected chi connectivity index (χ1v) is 10.6. The van der Waals surface area contributed by atoms with Crippen molar-refractivity contribution < 1.29 is 17.9 Å². The number of tetrazole rings is 1. The Kier molecular flexibility index (Phi) is 5.53. The van der Waals surface area contributed by atoms with E-state index in [1.807, 2.05) is 48.5 Å². The van der Waals surface area contributed by atoms with E-state index in [-0.39, 0.29) is 12.4 Å². The second kappa shape index (κ2) is 8.65. The van der Waals surface area contributed by atoms with Gasteiger partial charge in [0.25, 0.3) is 0 Å². The molecule has 2 heterocycles. The summed E-state index contributed by atoms with van der Waals surface area (Å²) < 4.78 is 46.1. The molecular weight excluding hydrogens is 431 g/mol. The number of pyridine rings is 1. The Hall–Kier alpha value is -3.75. The summed E-state index contributed by atoms with van der Waals surface area (Å²) in [6.45, 7) is 0.105. The van der Waals surface area contributed by atoms with Gasteiger partial charge in [0.1, 0.15) is 18.1 Å². The molecule has 4 aromatic rings. The highest BCUT2D eigenvalue weighted by atomic mass is 19.4. The maximum Gasteiger partial charge on any atom is 0.433 e. The summed E-state index contributed by atoms with van der Waals surface area (Å²) in [4.78, 5) is 3.86. The van der Waals surface area contributed by atoms with E-state index in [4.69, 9.17) is 4.74 Å². The second-order valence-corrected chi connectivity index (χ2v) is 7.91. The van der Waals surface area contributed by atoms with Gasteiger partial charge < -0.3 is 4.74 Å². The summed E-state index contributed by atoms with van der Waals surface area (Å²) in [5.74, 6) is 0.677. The van der Waals surface area contributed by atoms with Gasteiger partial charge in [-0.2, -0.15) is 18.4 Å². The molecule has 9 heteroatoms. The Morgan fingerprint density at radius 1 is 0.939 bits per heavy atom. The van der Waals surface area contributed by atoms with E-state index in [0.29, 0.717) is 24.4 Å². The zero-order valence-corrected chi connectivity index (χ0v) is 17.6. The number of hydrogen-bond acceptors (Lipinski definition) is 5. The van der Waals surface area contributed by atoms with Gasteiger partial charge in [0, 0.05) is 22.9 Å². The van der Waals surface area contributed by atoms with Crippen LogP contribution in [0, 0.1) is 0 Å². The molecule has 0 amide bonds. The maximum atomic E-state index is 13.4. The average Bonchev–Trinajstić information content (AvgIpc) is 3.37. The van der Waals surface area contributed by atoms with E-state index >= 15 is 0 Å². The molecule has 0 aliphatic heterocycles. The molecule has 0 radical (unpaired) electrons. The van der Waals surface area contributed by atoms with Gasteiger partial charge in [-0.3, -0.25) is 0 Å². The Morgan fingerprint density at radius 2 is 1.76 bits per heavy atom. The minimum Gasteiger partial charge on any atom is -0.488 e. The summed E-state index contributed by atoms with van der Waals surface area (Å²) in [5, 5.41) is 14.3. The van der Waals surface area contributed by atoms with Crippen LogP contribution < -0.4 is 4.74 Å². The number of aromatic amines is 1. The number of H-pyrrole nitrogens is 1. The van der Waals surface area contributed by atoms with E-state index in [1.165, 1.54) is 0 Å². The van der Waals surface area contributed by atoms with Crippen LogP contribution in [0.1, 0.15) is 35.4 Å². The molecule has 0 spiro atoms. The van der Waals surface area contributed by atoms with Crippen LogP contribution in [-0.4, -0.2) is 25.6 Å². The molecule has 0 bridgehead atoms. The average molecular weight is 451 g/mol. The molecule has 1 aliphatic rings. The third-order valence-corrected chi connectivity index (χ3v) is 5.70. The first kappa shape index (κ1) is 21.1. The lowest BCUT2D eigenvalue weighted by molar-refractivity contribution is -0.141. The molecule has 0 atom stereocenters. The smallest absolute Gasteiger partial charge is 0.433 e. The van der Waals surface area contributed by atoms with E-state index in [9.17, 15) is 13.2 Å². The Balaban J connectivity index is 1.48. The molecule has 0 saturated carbocycles. The number of ether oxygens (including phenoxy) is 1. The number of aryl methyl sites for hydroxylation is 1. The van der Waals surface area contributed by atoms with Crippen LogP contribution in [0.5, 0.6) is 5.75 Å². The Morgan fingerprint density at radius 3 is 2.52 bits per heavy atom. The fourth-order valence-corrected chi connectivity index (χ4v) is 4.11. The number of nitrogens with one attached hydrogen (secondary N) is 1. The standard InChI is InChI=1S/C24H20F3N5O/c25-24(26,27)22-13-21(18-8-4-5-9-20(18)28-22)33-14-15-10-11-17(16-6-2-1-3-7-16)19(12-15)23-29-31-32-30-23/h1-3,6-7,10-13H,4-5,8-9,14H2,(H,29,30,31,32). The molecule has 168 valence electrons. The lowest BCUT2D eigenvalue weighted by atomic mass is 9.94. The van der Waals surface area contributed by atoms with Crippen LogP contribution in [0.3, 0.4) is 0 Å². The number of fused-ring (bicyclic) bond motifs is 1. The van der Waals surface area contributed by atoms with E-state index in [2.05, 4.69) is 25.6 Å². The lowest BCUT2D eigenvalue weighted by Crippen LogP contribution is -2.15. The van der Waals surface area contributed by atoms with Gasteiger partial charge in [-0.1, -0.05) is 42.5 Å². The number of nitrogens with zero attached hydrogens (tertiary/aromatic N) is 4. The fraction of sp³-hybridized carbons (Fsp3) is 0.250. The summed E-state index contributed by atoms with van der Waals surface area (Å²) >= 11 is 0. The van der Waals surface area contributed by atoms with Crippen molar-refractivity contribution in [1.29, 1.82) is 0 Å². The fourth-order valence-electron chi connectivity index (χ4n) is 4.11. The number of aromatic nitrogens is 5. The third-order valence-electron chi connectivity index (χ3n) is 5.70. The van der Waals surface area contributed by atoms with Crippen LogP contribution >= 0.6 is 0 Å². The van der Waals surface area contributed by atoms with Crippen molar-refractivity contribution in [2.75, 3.05) is 0 Å². The van der Waals surface area contributed by atoms with E-state index in [1.54, 1.807) is 0 Å². The first-order valence-electron chi connectivity index (χ1n) is 10.6. The van der Waals surface area contributed by atoms with Gasteiger partial charge >= 0.3 is 6.18 Å². The number of benzene rings is 2. The molecule has 0 saturated heterocycles. The molecule has 33 heavy (non-hydrogen) atoms. The molecule has 5 rings (SSSR count). The highest BCUT2D eigenvalue weighted by Gasteiger charge is 2.35. The van der Waals surface area contributed by atoms with Crippen molar-refractivity contribution in [2.45, 2.75) is 38.5 Å². The second-order valence-electron chi connectivity index (χ2n) is 7.91. The minimum atomic E-state index is -4.52. The van der Waals surface area contributed by atoms with Gasteiger partial charge in [-0.25, -0.2) is 4.98 Å². The summed E-state index contributed by atoms with van der Waals surface area (Å²) in [6, 6.07) is 16.5. The topological polar surface area (TPSA) is 76.6 Å². The maximum absolute atomic E-state index is 13.4. The predicted octanol–water partition coefficient (Wildman–Crippen LogP) is 5.41. The monoisotopic (exact) mass is 451 g/mol. The molecule has 0 fully saturated rings. The molecular formula is C24H20F3N5O. The van der Waals surface area contributed by atoms with Gasteiger partial charge in [-0.15, -0.1) is 10.2 Å². The normalized spacial score (nSPS) is 13.5. The molecule has 2 aromatic carbocycles. The Labute approximate surface area is 187 Å². The van der Waals surface area contributed by atoms with Crippen molar-refractivity contribution in [3.8, 4) is 28.3 Å². The van der Waals surface area contributed by atoms with Gasteiger partial charge in [0.15, 0.2) is 0 Å². The molecule has 2 aromatic heterocycles. The molecule has 1 aliphatic carbocycles. The first-order chi connectivity index (χ1) is 16.0. The van der Waals surface area contributed by atoms with E-state index in [0.717, 1.165) is 46.7 Å². The minimum absolute atomic E-state index is 0.105. The molecule has 0 unspecified atom stereocenters. The number of rotatable bonds is 5. The van der Waals surface area contributed by atoms with Gasteiger partial charge in [0.05, 0.1) is 0 Å². The number of alkyl halides is 3. The molecule has 6 nitrogen and oxygen atoms in total. The van der Waals surface area contributed by atoms with Crippen molar-refractivity contribution in [1.82, 2.24) is 25.6 Å².